The van der Waals surface area contributed by atoms with Crippen molar-refractivity contribution < 1.29 is 23.0 Å². The molecule has 1 aliphatic heterocycles. The third kappa shape index (κ3) is 4.77. The van der Waals surface area contributed by atoms with Gasteiger partial charge in [0, 0.05) is 0 Å². The minimum Gasteiger partial charge on any atom is -0.374 e. The lowest BCUT2D eigenvalue weighted by Gasteiger charge is -2.31. The third-order valence-electron chi connectivity index (χ3n) is 6.06. The van der Waals surface area contributed by atoms with Gasteiger partial charge in [0.25, 0.3) is 0 Å². The maximum atomic E-state index is 16.1. The van der Waals surface area contributed by atoms with Crippen LogP contribution in [-0.4, -0.2) is 50.7 Å². The van der Waals surface area contributed by atoms with E-state index in [9.17, 15) is 4.39 Å². The summed E-state index contributed by atoms with van der Waals surface area (Å²) in [5.41, 5.74) is 6.12. The molecule has 0 bridgehead atoms. The number of hydrogen-bond donors (Lipinski definition) is 1. The van der Waals surface area contributed by atoms with Gasteiger partial charge in [-0.25, -0.2) is 13.8 Å². The molecule has 3 heterocycles. The minimum atomic E-state index is -1.78. The molecule has 8 nitrogen and oxygen atoms in total. The zero-order valence-corrected chi connectivity index (χ0v) is 19.9. The highest BCUT2D eigenvalue weighted by atomic mass is 35.5. The van der Waals surface area contributed by atoms with Crippen molar-refractivity contribution in [3.63, 3.8) is 0 Å². The zero-order chi connectivity index (χ0) is 25.1. The van der Waals surface area contributed by atoms with Gasteiger partial charge in [0.15, 0.2) is 28.8 Å². The molecular formula is C25H24ClF2N5O3. The molecule has 0 aliphatic carbocycles. The molecule has 1 fully saturated rings. The number of benzene rings is 2. The predicted molar refractivity (Wildman–Crippen MR) is 130 cm³/mol. The Balaban J connectivity index is 1.44. The Kier molecular flexibility index (Phi) is 7.10. The molecule has 36 heavy (non-hydrogen) atoms. The topological polar surface area (TPSA) is 97.3 Å². The molecule has 2 aromatic heterocycles. The minimum absolute atomic E-state index is 0.0180. The van der Waals surface area contributed by atoms with Gasteiger partial charge in [-0.3, -0.25) is 4.57 Å². The van der Waals surface area contributed by atoms with Crippen molar-refractivity contribution in [2.45, 2.75) is 37.3 Å². The Morgan fingerprint density at radius 2 is 1.69 bits per heavy atom. The molecule has 0 unspecified atom stereocenters. The van der Waals surface area contributed by atoms with Crippen molar-refractivity contribution in [2.24, 2.45) is 0 Å². The number of imidazole rings is 1. The third-order valence-corrected chi connectivity index (χ3v) is 6.33. The van der Waals surface area contributed by atoms with Crippen LogP contribution < -0.4 is 5.73 Å². The molecule has 1 saturated heterocycles. The number of nitrogen functional groups attached to an aromatic ring is 1. The van der Waals surface area contributed by atoms with E-state index in [4.69, 9.17) is 31.5 Å². The summed E-state index contributed by atoms with van der Waals surface area (Å²) < 4.78 is 50.0. The van der Waals surface area contributed by atoms with Crippen molar-refractivity contribution in [1.82, 2.24) is 19.5 Å². The monoisotopic (exact) mass is 515 g/mol. The highest BCUT2D eigenvalue weighted by molar-refractivity contribution is 6.33. The highest BCUT2D eigenvalue weighted by Gasteiger charge is 2.58. The molecule has 0 spiro atoms. The van der Waals surface area contributed by atoms with Gasteiger partial charge in [0.2, 0.25) is 5.95 Å². The number of halogens is 3. The molecule has 4 atom stereocenters. The Labute approximate surface area is 211 Å². The van der Waals surface area contributed by atoms with Crippen LogP contribution in [0.3, 0.4) is 0 Å². The number of aromatic nitrogens is 4. The van der Waals surface area contributed by atoms with Gasteiger partial charge in [-0.05, 0) is 11.1 Å². The lowest BCUT2D eigenvalue weighted by molar-refractivity contribution is -0.164. The number of rotatable bonds is 9. The highest BCUT2D eigenvalue weighted by Crippen LogP contribution is 2.43. The fraction of sp³-hybridized carbons (Fsp3) is 0.320. The fourth-order valence-electron chi connectivity index (χ4n) is 4.29. The summed E-state index contributed by atoms with van der Waals surface area (Å²) in [6.07, 6.45) is -3.06. The quantitative estimate of drug-likeness (QED) is 0.329. The van der Waals surface area contributed by atoms with Crippen molar-refractivity contribution >= 4 is 28.7 Å². The molecular weight excluding hydrogens is 492 g/mol. The number of alkyl halides is 2. The molecule has 0 saturated carbocycles. The van der Waals surface area contributed by atoms with E-state index in [2.05, 4.69) is 15.0 Å². The molecule has 2 aromatic carbocycles. The molecule has 5 rings (SSSR count). The van der Waals surface area contributed by atoms with Crippen LogP contribution in [0.5, 0.6) is 0 Å². The van der Waals surface area contributed by atoms with Crippen LogP contribution in [0, 0.1) is 0 Å². The average Bonchev–Trinajstić information content (AvgIpc) is 3.43. The summed E-state index contributed by atoms with van der Waals surface area (Å²) in [6, 6.07) is 18.6. The van der Waals surface area contributed by atoms with Crippen LogP contribution in [0.25, 0.3) is 11.2 Å². The van der Waals surface area contributed by atoms with E-state index < -0.39 is 30.8 Å². The van der Waals surface area contributed by atoms with Crippen LogP contribution in [0.4, 0.5) is 14.7 Å². The second kappa shape index (κ2) is 10.4. The first-order chi connectivity index (χ1) is 17.5. The number of fused-ring (bicyclic) bond motifs is 1. The fourth-order valence-corrected chi connectivity index (χ4v) is 4.51. The first-order valence-electron chi connectivity index (χ1n) is 11.3. The number of anilines is 1. The van der Waals surface area contributed by atoms with Gasteiger partial charge in [-0.1, -0.05) is 72.3 Å². The van der Waals surface area contributed by atoms with E-state index in [1.807, 2.05) is 60.7 Å². The van der Waals surface area contributed by atoms with Crippen LogP contribution in [-0.2, 0) is 27.4 Å². The number of hydrogen-bond acceptors (Lipinski definition) is 7. The van der Waals surface area contributed by atoms with E-state index in [0.717, 1.165) is 11.1 Å². The van der Waals surface area contributed by atoms with Crippen LogP contribution in [0.1, 0.15) is 17.4 Å². The van der Waals surface area contributed by atoms with Crippen LogP contribution in [0.2, 0.25) is 5.15 Å². The standard InChI is InChI=1S/C25H24ClF2N5O3/c26-21-19-22(32-24(29)31-21)33(15-30-19)23-18(28)20(35-12-17-9-5-2-6-10-17)25(13-27,36-23)14-34-11-16-7-3-1-4-8-16/h1-10,15,18,20,23H,11-14H2,(H2,29,31,32)/t18-,20-,23+,25+/m0/s1. The maximum absolute atomic E-state index is 16.1. The van der Waals surface area contributed by atoms with Crippen LogP contribution >= 0.6 is 11.6 Å². The first-order valence-corrected chi connectivity index (χ1v) is 11.7. The number of ether oxygens (including phenoxy) is 3. The van der Waals surface area contributed by atoms with Gasteiger partial charge in [0.05, 0.1) is 26.1 Å². The van der Waals surface area contributed by atoms with E-state index >= 15 is 4.39 Å². The SMILES string of the molecule is Nc1nc(Cl)c2ncn([C@@H]3O[C@](CF)(COCc4ccccc4)[C@@H](OCc4ccccc4)[C@@H]3F)c2n1. The lowest BCUT2D eigenvalue weighted by Crippen LogP contribution is -2.49. The summed E-state index contributed by atoms with van der Waals surface area (Å²) in [4.78, 5) is 12.2. The summed E-state index contributed by atoms with van der Waals surface area (Å²) in [5.74, 6) is -0.109. The van der Waals surface area contributed by atoms with Gasteiger partial charge in [-0.2, -0.15) is 9.97 Å². The van der Waals surface area contributed by atoms with Gasteiger partial charge in [-0.15, -0.1) is 0 Å². The zero-order valence-electron chi connectivity index (χ0n) is 19.1. The van der Waals surface area contributed by atoms with Crippen molar-refractivity contribution in [1.29, 1.82) is 0 Å². The largest absolute Gasteiger partial charge is 0.374 e. The van der Waals surface area contributed by atoms with Crippen LogP contribution in [0.15, 0.2) is 67.0 Å². The van der Waals surface area contributed by atoms with Gasteiger partial charge >= 0.3 is 0 Å². The van der Waals surface area contributed by atoms with E-state index in [1.54, 1.807) is 0 Å². The van der Waals surface area contributed by atoms with Crippen molar-refractivity contribution in [3.05, 3.63) is 83.3 Å². The van der Waals surface area contributed by atoms with E-state index in [1.165, 1.54) is 10.9 Å². The number of nitrogens with two attached hydrogens (primary N) is 1. The van der Waals surface area contributed by atoms with Gasteiger partial charge < -0.3 is 19.9 Å². The molecule has 4 aromatic rings. The predicted octanol–water partition coefficient (Wildman–Crippen LogP) is 4.44. The van der Waals surface area contributed by atoms with Crippen molar-refractivity contribution in [2.75, 3.05) is 19.0 Å². The Bertz CT molecular complexity index is 1310. The Morgan fingerprint density at radius 1 is 1.03 bits per heavy atom. The molecule has 2 N–H and O–H groups in total. The molecule has 1 aliphatic rings. The Morgan fingerprint density at radius 3 is 2.36 bits per heavy atom. The summed E-state index contributed by atoms with van der Waals surface area (Å²) >= 11 is 6.13. The molecule has 11 heteroatoms. The maximum Gasteiger partial charge on any atom is 0.223 e. The van der Waals surface area contributed by atoms with E-state index in [0.29, 0.717) is 0 Å². The molecule has 188 valence electrons. The average molecular weight is 516 g/mol. The summed E-state index contributed by atoms with van der Waals surface area (Å²) in [5, 5.41) is 0.0180. The smallest absolute Gasteiger partial charge is 0.223 e. The lowest BCUT2D eigenvalue weighted by atomic mass is 9.97. The van der Waals surface area contributed by atoms with E-state index in [-0.39, 0.29) is 42.1 Å². The van der Waals surface area contributed by atoms with Gasteiger partial charge in [0.1, 0.15) is 18.3 Å². The normalized spacial score (nSPS) is 23.9. The summed E-state index contributed by atoms with van der Waals surface area (Å²) in [7, 11) is 0. The number of nitrogens with zero attached hydrogens (tertiary/aromatic N) is 4. The molecule has 0 radical (unpaired) electrons. The second-order valence-corrected chi connectivity index (χ2v) is 8.90. The second-order valence-electron chi connectivity index (χ2n) is 8.54. The first kappa shape index (κ1) is 24.5. The Hall–Kier alpha value is -3.18. The molecule has 0 amide bonds. The van der Waals surface area contributed by atoms with Crippen molar-refractivity contribution in [3.8, 4) is 0 Å². The summed E-state index contributed by atoms with van der Waals surface area (Å²) in [6.45, 7) is -1.01.